The molecular formula is C39H37N5O4. The summed E-state index contributed by atoms with van der Waals surface area (Å²) in [6.45, 7) is 2.28. The number of aromatic nitrogens is 4. The minimum absolute atomic E-state index is 0.0116. The van der Waals surface area contributed by atoms with Crippen LogP contribution < -0.4 is 0 Å². The van der Waals surface area contributed by atoms with Gasteiger partial charge < -0.3 is 24.3 Å². The fourth-order valence-corrected chi connectivity index (χ4v) is 7.49. The highest BCUT2D eigenvalue weighted by atomic mass is 16.5. The van der Waals surface area contributed by atoms with Gasteiger partial charge in [0.1, 0.15) is 12.4 Å². The van der Waals surface area contributed by atoms with Crippen LogP contribution in [0.15, 0.2) is 85.2 Å². The van der Waals surface area contributed by atoms with E-state index in [-0.39, 0.29) is 18.0 Å². The molecule has 2 N–H and O–H groups in total. The number of nitrogens with zero attached hydrogens (tertiary/aromatic N) is 4. The first-order chi connectivity index (χ1) is 23.5. The molecule has 6 aromatic rings. The molecule has 48 heavy (non-hydrogen) atoms. The Kier molecular flexibility index (Phi) is 7.98. The van der Waals surface area contributed by atoms with Crippen LogP contribution >= 0.6 is 0 Å². The van der Waals surface area contributed by atoms with Gasteiger partial charge in [-0.2, -0.15) is 0 Å². The van der Waals surface area contributed by atoms with E-state index in [1.807, 2.05) is 35.4 Å². The summed E-state index contributed by atoms with van der Waals surface area (Å²) >= 11 is 0. The number of imidazole rings is 1. The number of fused-ring (bicyclic) bond motifs is 2. The summed E-state index contributed by atoms with van der Waals surface area (Å²) < 4.78 is 7.59. The zero-order valence-electron chi connectivity index (χ0n) is 26.7. The molecular weight excluding hydrogens is 602 g/mol. The number of nitrogens with one attached hydrogen (secondary N) is 1. The highest BCUT2D eigenvalue weighted by Gasteiger charge is 2.29. The van der Waals surface area contributed by atoms with Crippen LogP contribution in [-0.4, -0.2) is 67.7 Å². The van der Waals surface area contributed by atoms with E-state index in [1.54, 1.807) is 18.3 Å². The van der Waals surface area contributed by atoms with Crippen molar-refractivity contribution in [3.63, 3.8) is 0 Å². The number of morpholine rings is 1. The average Bonchev–Trinajstić information content (AvgIpc) is 3.79. The molecule has 0 bridgehead atoms. The Bertz CT molecular complexity index is 2120. The Morgan fingerprint density at radius 2 is 1.65 bits per heavy atom. The van der Waals surface area contributed by atoms with Crippen molar-refractivity contribution in [2.75, 3.05) is 26.3 Å². The molecule has 1 aliphatic heterocycles. The molecule has 1 aliphatic carbocycles. The Labute approximate surface area is 278 Å². The van der Waals surface area contributed by atoms with Gasteiger partial charge in [0.05, 0.1) is 41.2 Å². The molecule has 2 fully saturated rings. The van der Waals surface area contributed by atoms with Gasteiger partial charge in [0.15, 0.2) is 0 Å². The number of hydrogen-bond donors (Lipinski definition) is 2. The number of aromatic amines is 1. The second-order valence-corrected chi connectivity index (χ2v) is 12.8. The molecule has 9 nitrogen and oxygen atoms in total. The third-order valence-corrected chi connectivity index (χ3v) is 9.94. The van der Waals surface area contributed by atoms with E-state index in [4.69, 9.17) is 9.72 Å². The summed E-state index contributed by atoms with van der Waals surface area (Å²) in [5.74, 6) is 0.189. The average molecular weight is 640 g/mol. The van der Waals surface area contributed by atoms with E-state index in [0.717, 1.165) is 81.4 Å². The van der Waals surface area contributed by atoms with E-state index >= 15 is 0 Å². The molecule has 1 saturated carbocycles. The zero-order chi connectivity index (χ0) is 32.6. The van der Waals surface area contributed by atoms with Gasteiger partial charge in [0, 0.05) is 47.4 Å². The third-order valence-electron chi connectivity index (χ3n) is 9.94. The molecule has 0 atom stereocenters. The van der Waals surface area contributed by atoms with Crippen molar-refractivity contribution in [1.29, 1.82) is 0 Å². The lowest BCUT2D eigenvalue weighted by Crippen LogP contribution is -2.42. The van der Waals surface area contributed by atoms with Crippen LogP contribution in [0.2, 0.25) is 0 Å². The fraction of sp³-hybridized carbons (Fsp3) is 0.282. The van der Waals surface area contributed by atoms with E-state index < -0.39 is 5.97 Å². The van der Waals surface area contributed by atoms with Crippen molar-refractivity contribution in [3.8, 4) is 33.9 Å². The van der Waals surface area contributed by atoms with Crippen molar-refractivity contribution in [2.45, 2.75) is 44.6 Å². The molecule has 9 heteroatoms. The lowest BCUT2D eigenvalue weighted by atomic mass is 9.81. The number of H-pyrrole nitrogens is 1. The Hall–Kier alpha value is -5.28. The summed E-state index contributed by atoms with van der Waals surface area (Å²) in [6, 6.07) is 24.1. The Morgan fingerprint density at radius 1 is 0.875 bits per heavy atom. The second-order valence-electron chi connectivity index (χ2n) is 12.8. The predicted octanol–water partition coefficient (Wildman–Crippen LogP) is 7.52. The van der Waals surface area contributed by atoms with Crippen LogP contribution in [0.5, 0.6) is 0 Å². The lowest BCUT2D eigenvalue weighted by Gasteiger charge is -2.28. The van der Waals surface area contributed by atoms with Crippen LogP contribution in [0, 0.1) is 0 Å². The summed E-state index contributed by atoms with van der Waals surface area (Å²) in [5.41, 5.74) is 8.03. The molecule has 8 rings (SSSR count). The minimum Gasteiger partial charge on any atom is -0.478 e. The van der Waals surface area contributed by atoms with Gasteiger partial charge >= 0.3 is 5.97 Å². The molecule has 3 aromatic carbocycles. The van der Waals surface area contributed by atoms with E-state index in [2.05, 4.69) is 50.9 Å². The number of aromatic carboxylic acids is 1. The van der Waals surface area contributed by atoms with Gasteiger partial charge in [-0.15, -0.1) is 0 Å². The number of carbonyl (C=O) groups is 2. The summed E-state index contributed by atoms with van der Waals surface area (Å²) in [4.78, 5) is 40.3. The molecule has 1 saturated heterocycles. The number of carboxylic acid groups (broad SMARTS) is 1. The number of rotatable bonds is 7. The SMILES string of the molecule is O=C(O)c1ccc2c(C3CCCCC3)c(-c3ccc4nc(-c5ccc(-c6ncc[nH]6)cc5)ccc4c3)n(CC(=O)N3CCOCC3)c2c1. The van der Waals surface area contributed by atoms with Crippen LogP contribution in [0.25, 0.3) is 55.7 Å². The molecule has 0 unspecified atom stereocenters. The smallest absolute Gasteiger partial charge is 0.335 e. The summed E-state index contributed by atoms with van der Waals surface area (Å²) in [6.07, 6.45) is 9.24. The van der Waals surface area contributed by atoms with Crippen LogP contribution in [-0.2, 0) is 16.1 Å². The largest absolute Gasteiger partial charge is 0.478 e. The molecule has 242 valence electrons. The van der Waals surface area contributed by atoms with E-state index in [1.165, 1.54) is 12.0 Å². The normalized spacial score (nSPS) is 15.7. The van der Waals surface area contributed by atoms with Gasteiger partial charge in [0.25, 0.3) is 0 Å². The maximum Gasteiger partial charge on any atom is 0.335 e. The Balaban J connectivity index is 1.24. The first-order valence-corrected chi connectivity index (χ1v) is 16.8. The fourth-order valence-electron chi connectivity index (χ4n) is 7.49. The first kappa shape index (κ1) is 30.1. The number of amides is 1. The summed E-state index contributed by atoms with van der Waals surface area (Å²) in [5, 5.41) is 12.0. The number of hydrogen-bond acceptors (Lipinski definition) is 5. The number of benzene rings is 3. The maximum absolute atomic E-state index is 13.8. The monoisotopic (exact) mass is 639 g/mol. The van der Waals surface area contributed by atoms with Crippen LogP contribution in [0.1, 0.15) is 53.9 Å². The van der Waals surface area contributed by atoms with Gasteiger partial charge in [-0.3, -0.25) is 4.79 Å². The van der Waals surface area contributed by atoms with Gasteiger partial charge in [-0.1, -0.05) is 61.7 Å². The van der Waals surface area contributed by atoms with Crippen molar-refractivity contribution < 1.29 is 19.4 Å². The third kappa shape index (κ3) is 5.64. The standard InChI is InChI=1S/C39H37N5O4/c45-35(43-18-20-48-21-19-43)24-44-34-23-30(39(46)47)10-13-31(34)36(26-4-2-1-3-5-26)37(44)29-12-15-33-28(22-29)11-14-32(42-33)25-6-8-27(9-7-25)38-40-16-17-41-38/h6-17,22-23,26H,1-5,18-21,24H2,(H,40,41)(H,46,47). The van der Waals surface area contributed by atoms with E-state index in [9.17, 15) is 14.7 Å². The first-order valence-electron chi connectivity index (χ1n) is 16.8. The quantitative estimate of drug-likeness (QED) is 0.187. The molecule has 2 aliphatic rings. The maximum atomic E-state index is 13.8. The van der Waals surface area contributed by atoms with Crippen LogP contribution in [0.3, 0.4) is 0 Å². The number of carboxylic acids is 1. The Morgan fingerprint density at radius 3 is 2.40 bits per heavy atom. The highest BCUT2D eigenvalue weighted by Crippen LogP contribution is 2.45. The van der Waals surface area contributed by atoms with Crippen molar-refractivity contribution in [3.05, 3.63) is 96.3 Å². The van der Waals surface area contributed by atoms with Gasteiger partial charge in [-0.25, -0.2) is 14.8 Å². The number of pyridine rings is 1. The van der Waals surface area contributed by atoms with Crippen molar-refractivity contribution in [2.24, 2.45) is 0 Å². The minimum atomic E-state index is -0.979. The van der Waals surface area contributed by atoms with Crippen LogP contribution in [0.4, 0.5) is 0 Å². The number of ether oxygens (including phenoxy) is 1. The van der Waals surface area contributed by atoms with E-state index in [0.29, 0.717) is 32.2 Å². The molecule has 1 amide bonds. The lowest BCUT2D eigenvalue weighted by molar-refractivity contribution is -0.135. The van der Waals surface area contributed by atoms with Crippen molar-refractivity contribution in [1.82, 2.24) is 24.4 Å². The molecule has 4 heterocycles. The zero-order valence-corrected chi connectivity index (χ0v) is 26.7. The second kappa shape index (κ2) is 12.7. The molecule has 3 aromatic heterocycles. The van der Waals surface area contributed by atoms with Gasteiger partial charge in [0.2, 0.25) is 5.91 Å². The molecule has 0 radical (unpaired) electrons. The highest BCUT2D eigenvalue weighted by molar-refractivity contribution is 6.00. The molecule has 0 spiro atoms. The topological polar surface area (TPSA) is 113 Å². The number of carbonyl (C=O) groups excluding carboxylic acids is 1. The van der Waals surface area contributed by atoms with Gasteiger partial charge in [-0.05, 0) is 60.2 Å². The van der Waals surface area contributed by atoms with Crippen molar-refractivity contribution >= 4 is 33.7 Å². The predicted molar refractivity (Wildman–Crippen MR) is 186 cm³/mol. The summed E-state index contributed by atoms with van der Waals surface area (Å²) in [7, 11) is 0.